The predicted molar refractivity (Wildman–Crippen MR) is 96.4 cm³/mol. The van der Waals surface area contributed by atoms with Crippen LogP contribution in [0.4, 0.5) is 5.69 Å². The minimum atomic E-state index is -0.00354. The largest absolute Gasteiger partial charge is 0.505 e. The summed E-state index contributed by atoms with van der Waals surface area (Å²) in [6.45, 7) is 2.48. The first-order valence-electron chi connectivity index (χ1n) is 7.45. The molecule has 0 saturated carbocycles. The van der Waals surface area contributed by atoms with Crippen molar-refractivity contribution in [1.29, 1.82) is 0 Å². The summed E-state index contributed by atoms with van der Waals surface area (Å²) in [7, 11) is 3.50. The minimum Gasteiger partial charge on any atom is -0.505 e. The van der Waals surface area contributed by atoms with Gasteiger partial charge in [-0.25, -0.2) is 0 Å². The number of aliphatic hydroxyl groups excluding tert-OH is 1. The van der Waals surface area contributed by atoms with Gasteiger partial charge in [-0.15, -0.1) is 0 Å². The lowest BCUT2D eigenvalue weighted by molar-refractivity contribution is 0.299. The maximum atomic E-state index is 10.7. The molecule has 23 heavy (non-hydrogen) atoms. The van der Waals surface area contributed by atoms with Crippen LogP contribution in [0.15, 0.2) is 34.8 Å². The molecule has 0 atom stereocenters. The number of halogens is 1. The molecule has 0 saturated heterocycles. The second-order valence-electron chi connectivity index (χ2n) is 5.46. The van der Waals surface area contributed by atoms with Gasteiger partial charge in [-0.05, 0) is 40.4 Å². The first kappa shape index (κ1) is 17.6. The fraction of sp³-hybridized carbons (Fsp3) is 0.333. The molecule has 0 radical (unpaired) electrons. The van der Waals surface area contributed by atoms with E-state index in [1.807, 2.05) is 49.2 Å². The number of hydrogen-bond acceptors (Lipinski definition) is 4. The number of phenolic OH excluding ortho intramolecular Hbond substituents is 1. The first-order valence-corrected chi connectivity index (χ1v) is 8.24. The SMILES string of the molecule is COc1c(C)c(O)c(N(C)Cc2ccccc2)c(CCO)c1Br. The quantitative estimate of drug-likeness (QED) is 0.804. The number of hydrogen-bond donors (Lipinski definition) is 2. The molecule has 0 bridgehead atoms. The lowest BCUT2D eigenvalue weighted by Gasteiger charge is -2.27. The van der Waals surface area contributed by atoms with Crippen LogP contribution in [0, 0.1) is 6.92 Å². The topological polar surface area (TPSA) is 52.9 Å². The third-order valence-corrected chi connectivity index (χ3v) is 4.72. The Labute approximate surface area is 145 Å². The van der Waals surface area contributed by atoms with Crippen LogP contribution in [0.1, 0.15) is 16.7 Å². The van der Waals surface area contributed by atoms with Gasteiger partial charge in [-0.1, -0.05) is 30.3 Å². The molecule has 2 rings (SSSR count). The van der Waals surface area contributed by atoms with Gasteiger partial charge in [0, 0.05) is 25.8 Å². The Hall–Kier alpha value is -1.72. The van der Waals surface area contributed by atoms with Gasteiger partial charge in [0.1, 0.15) is 11.5 Å². The fourth-order valence-electron chi connectivity index (χ4n) is 2.76. The number of nitrogens with zero attached hydrogens (tertiary/aromatic N) is 1. The van der Waals surface area contributed by atoms with Crippen molar-refractivity contribution in [2.24, 2.45) is 0 Å². The minimum absolute atomic E-state index is 0.00354. The first-order chi connectivity index (χ1) is 11.0. The van der Waals surface area contributed by atoms with Crippen LogP contribution in [0.3, 0.4) is 0 Å². The molecule has 0 aliphatic carbocycles. The van der Waals surface area contributed by atoms with Gasteiger partial charge >= 0.3 is 0 Å². The van der Waals surface area contributed by atoms with Crippen molar-refractivity contribution in [3.8, 4) is 11.5 Å². The van der Waals surface area contributed by atoms with Gasteiger partial charge in [-0.2, -0.15) is 0 Å². The van der Waals surface area contributed by atoms with Gasteiger partial charge < -0.3 is 19.8 Å². The summed E-state index contributed by atoms with van der Waals surface area (Å²) in [6.07, 6.45) is 0.430. The smallest absolute Gasteiger partial charge is 0.145 e. The van der Waals surface area contributed by atoms with E-state index >= 15 is 0 Å². The number of aliphatic hydroxyl groups is 1. The Morgan fingerprint density at radius 2 is 1.87 bits per heavy atom. The highest BCUT2D eigenvalue weighted by atomic mass is 79.9. The normalized spacial score (nSPS) is 10.7. The van der Waals surface area contributed by atoms with E-state index in [2.05, 4.69) is 15.9 Å². The van der Waals surface area contributed by atoms with E-state index in [0.29, 0.717) is 30.0 Å². The number of aromatic hydroxyl groups is 1. The zero-order valence-electron chi connectivity index (χ0n) is 13.6. The van der Waals surface area contributed by atoms with Crippen molar-refractivity contribution < 1.29 is 14.9 Å². The molecule has 0 fully saturated rings. The maximum Gasteiger partial charge on any atom is 0.145 e. The van der Waals surface area contributed by atoms with E-state index in [-0.39, 0.29) is 12.4 Å². The van der Waals surface area contributed by atoms with E-state index in [4.69, 9.17) is 4.74 Å². The molecule has 0 aromatic heterocycles. The molecular weight excluding hydrogens is 358 g/mol. The molecular formula is C18H22BrNO3. The van der Waals surface area contributed by atoms with Gasteiger partial charge in [0.2, 0.25) is 0 Å². The zero-order valence-corrected chi connectivity index (χ0v) is 15.2. The fourth-order valence-corrected chi connectivity index (χ4v) is 3.61. The van der Waals surface area contributed by atoms with Crippen molar-refractivity contribution in [2.75, 3.05) is 25.7 Å². The Balaban J connectivity index is 2.51. The number of ether oxygens (including phenoxy) is 1. The van der Waals surface area contributed by atoms with Crippen molar-refractivity contribution in [2.45, 2.75) is 19.9 Å². The summed E-state index contributed by atoms with van der Waals surface area (Å²) in [5.74, 6) is 0.787. The average Bonchev–Trinajstić information content (AvgIpc) is 2.54. The molecule has 4 nitrogen and oxygen atoms in total. The van der Waals surface area contributed by atoms with Crippen molar-refractivity contribution >= 4 is 21.6 Å². The average molecular weight is 380 g/mol. The van der Waals surface area contributed by atoms with Crippen LogP contribution >= 0.6 is 15.9 Å². The molecule has 0 aliphatic rings. The van der Waals surface area contributed by atoms with Crippen molar-refractivity contribution in [3.05, 3.63) is 51.5 Å². The molecule has 0 amide bonds. The summed E-state index contributed by atoms with van der Waals surface area (Å²) in [6, 6.07) is 10.1. The van der Waals surface area contributed by atoms with E-state index in [9.17, 15) is 10.2 Å². The summed E-state index contributed by atoms with van der Waals surface area (Å²) in [5, 5.41) is 20.1. The molecule has 2 N–H and O–H groups in total. The van der Waals surface area contributed by atoms with Gasteiger partial charge in [0.25, 0.3) is 0 Å². The zero-order chi connectivity index (χ0) is 17.0. The molecule has 5 heteroatoms. The van der Waals surface area contributed by atoms with Crippen LogP contribution < -0.4 is 9.64 Å². The van der Waals surface area contributed by atoms with Crippen LogP contribution in [0.25, 0.3) is 0 Å². The van der Waals surface area contributed by atoms with Crippen LogP contribution in [0.5, 0.6) is 11.5 Å². The third-order valence-electron chi connectivity index (χ3n) is 3.88. The van der Waals surface area contributed by atoms with Crippen LogP contribution in [-0.4, -0.2) is 31.0 Å². The summed E-state index contributed by atoms with van der Waals surface area (Å²) < 4.78 is 6.17. The molecule has 0 heterocycles. The van der Waals surface area contributed by atoms with Crippen LogP contribution in [-0.2, 0) is 13.0 Å². The summed E-state index contributed by atoms with van der Waals surface area (Å²) >= 11 is 3.56. The Kier molecular flexibility index (Phi) is 5.91. The second-order valence-corrected chi connectivity index (χ2v) is 6.26. The highest BCUT2D eigenvalue weighted by Gasteiger charge is 2.23. The van der Waals surface area contributed by atoms with Gasteiger partial charge in [-0.3, -0.25) is 0 Å². The number of methoxy groups -OCH3 is 1. The Bertz CT molecular complexity index is 674. The maximum absolute atomic E-state index is 10.7. The predicted octanol–water partition coefficient (Wildman–Crippen LogP) is 3.64. The monoisotopic (exact) mass is 379 g/mol. The molecule has 2 aromatic carbocycles. The van der Waals surface area contributed by atoms with Gasteiger partial charge in [0.15, 0.2) is 0 Å². The lowest BCUT2D eigenvalue weighted by atomic mass is 10.0. The van der Waals surface area contributed by atoms with Gasteiger partial charge in [0.05, 0.1) is 17.3 Å². The van der Waals surface area contributed by atoms with E-state index in [0.717, 1.165) is 15.6 Å². The molecule has 2 aromatic rings. The molecule has 0 aliphatic heterocycles. The number of phenols is 1. The number of benzene rings is 2. The highest BCUT2D eigenvalue weighted by molar-refractivity contribution is 9.10. The third kappa shape index (κ3) is 3.62. The standard InChI is InChI=1S/C18H22BrNO3/c1-12-17(22)16(14(9-10-21)15(19)18(12)23-3)20(2)11-13-7-5-4-6-8-13/h4-8,21-22H,9-11H2,1-3H3. The Morgan fingerprint density at radius 1 is 1.22 bits per heavy atom. The Morgan fingerprint density at radius 3 is 2.43 bits per heavy atom. The van der Waals surface area contributed by atoms with E-state index in [1.165, 1.54) is 0 Å². The van der Waals surface area contributed by atoms with Crippen LogP contribution in [0.2, 0.25) is 0 Å². The highest BCUT2D eigenvalue weighted by Crippen LogP contribution is 2.46. The second kappa shape index (κ2) is 7.70. The van der Waals surface area contributed by atoms with E-state index < -0.39 is 0 Å². The summed E-state index contributed by atoms with van der Waals surface area (Å²) in [4.78, 5) is 1.99. The summed E-state index contributed by atoms with van der Waals surface area (Å²) in [5.41, 5.74) is 3.38. The number of anilines is 1. The van der Waals surface area contributed by atoms with E-state index in [1.54, 1.807) is 7.11 Å². The molecule has 0 unspecified atom stereocenters. The lowest BCUT2D eigenvalue weighted by Crippen LogP contribution is -2.19. The van der Waals surface area contributed by atoms with Crippen molar-refractivity contribution in [1.82, 2.24) is 0 Å². The number of rotatable bonds is 6. The molecule has 124 valence electrons. The molecule has 0 spiro atoms. The van der Waals surface area contributed by atoms with Crippen molar-refractivity contribution in [3.63, 3.8) is 0 Å².